The molecule has 1 saturated heterocycles. The topological polar surface area (TPSA) is 43.7 Å². The van der Waals surface area contributed by atoms with Crippen LogP contribution in [0.3, 0.4) is 0 Å². The van der Waals surface area contributed by atoms with E-state index >= 15 is 0 Å². The number of ether oxygens (including phenoxy) is 2. The molecule has 158 valence electrons. The molecule has 0 saturated carbocycles. The molecule has 0 bridgehead atoms. The third kappa shape index (κ3) is 4.20. The number of aromatic nitrogens is 1. The lowest BCUT2D eigenvalue weighted by molar-refractivity contribution is 0.0322. The van der Waals surface area contributed by atoms with E-state index in [1.807, 2.05) is 60.7 Å². The number of benzene rings is 3. The summed E-state index contributed by atoms with van der Waals surface area (Å²) in [4.78, 5) is 15.3. The molecule has 5 heteroatoms. The van der Waals surface area contributed by atoms with Gasteiger partial charge in [-0.05, 0) is 42.0 Å². The standard InChI is InChI=1S/C26H26N2O3/c29-26-22-5-1-3-7-24(22)28(25-8-4-2-6-23(25)26)19-20-9-11-21(12-10-20)31-18-15-27-13-16-30-17-14-27/h1-12H,13-19H2. The molecule has 0 radical (unpaired) electrons. The van der Waals surface area contributed by atoms with Gasteiger partial charge < -0.3 is 14.0 Å². The zero-order chi connectivity index (χ0) is 21.0. The number of pyridine rings is 1. The molecule has 0 amide bonds. The molecule has 1 aromatic heterocycles. The van der Waals surface area contributed by atoms with Crippen molar-refractivity contribution in [2.75, 3.05) is 39.5 Å². The van der Waals surface area contributed by atoms with Crippen molar-refractivity contribution in [2.24, 2.45) is 0 Å². The van der Waals surface area contributed by atoms with E-state index in [4.69, 9.17) is 9.47 Å². The van der Waals surface area contributed by atoms with Gasteiger partial charge in [0.05, 0.1) is 24.2 Å². The second kappa shape index (κ2) is 8.92. The van der Waals surface area contributed by atoms with E-state index in [-0.39, 0.29) is 5.43 Å². The van der Waals surface area contributed by atoms with Crippen LogP contribution in [0.5, 0.6) is 5.75 Å². The van der Waals surface area contributed by atoms with E-state index < -0.39 is 0 Å². The van der Waals surface area contributed by atoms with Crippen LogP contribution in [-0.4, -0.2) is 48.9 Å². The monoisotopic (exact) mass is 414 g/mol. The fourth-order valence-corrected chi connectivity index (χ4v) is 4.24. The van der Waals surface area contributed by atoms with Crippen molar-refractivity contribution >= 4 is 21.8 Å². The third-order valence-electron chi connectivity index (χ3n) is 5.92. The first-order valence-corrected chi connectivity index (χ1v) is 10.8. The van der Waals surface area contributed by atoms with Gasteiger partial charge in [-0.2, -0.15) is 0 Å². The van der Waals surface area contributed by atoms with Crippen LogP contribution in [-0.2, 0) is 11.3 Å². The Hall–Kier alpha value is -3.15. The molecule has 31 heavy (non-hydrogen) atoms. The quantitative estimate of drug-likeness (QED) is 0.449. The lowest BCUT2D eigenvalue weighted by Gasteiger charge is -2.26. The van der Waals surface area contributed by atoms with Crippen LogP contribution in [0.25, 0.3) is 21.8 Å². The van der Waals surface area contributed by atoms with Crippen LogP contribution in [0.2, 0.25) is 0 Å². The minimum Gasteiger partial charge on any atom is -0.492 e. The molecule has 4 aromatic rings. The summed E-state index contributed by atoms with van der Waals surface area (Å²) in [5.74, 6) is 0.881. The summed E-state index contributed by atoms with van der Waals surface area (Å²) in [5.41, 5.74) is 3.17. The minimum atomic E-state index is 0.0893. The third-order valence-corrected chi connectivity index (χ3v) is 5.92. The number of hydrogen-bond acceptors (Lipinski definition) is 4. The SMILES string of the molecule is O=c1c2ccccc2n(Cc2ccc(OCCN3CCOCC3)cc2)c2ccccc12. The molecule has 0 unspecified atom stereocenters. The Morgan fingerprint density at radius 2 is 1.42 bits per heavy atom. The first kappa shape index (κ1) is 19.8. The van der Waals surface area contributed by atoms with Gasteiger partial charge in [0.15, 0.2) is 5.43 Å². The lowest BCUT2D eigenvalue weighted by atomic mass is 10.1. The molecular weight excluding hydrogens is 388 g/mol. The summed E-state index contributed by atoms with van der Waals surface area (Å²) in [7, 11) is 0. The Morgan fingerprint density at radius 3 is 2.06 bits per heavy atom. The first-order chi connectivity index (χ1) is 15.3. The van der Waals surface area contributed by atoms with E-state index in [1.165, 1.54) is 5.56 Å². The Morgan fingerprint density at radius 1 is 0.806 bits per heavy atom. The smallest absolute Gasteiger partial charge is 0.197 e. The van der Waals surface area contributed by atoms with Crippen molar-refractivity contribution in [3.8, 4) is 5.75 Å². The summed E-state index contributed by atoms with van der Waals surface area (Å²) in [5, 5.41) is 1.51. The normalized spacial score (nSPS) is 14.8. The second-order valence-corrected chi connectivity index (χ2v) is 7.90. The van der Waals surface area contributed by atoms with Crippen molar-refractivity contribution < 1.29 is 9.47 Å². The number of morpholine rings is 1. The van der Waals surface area contributed by atoms with Crippen molar-refractivity contribution in [3.63, 3.8) is 0 Å². The number of fused-ring (bicyclic) bond motifs is 2. The highest BCUT2D eigenvalue weighted by Gasteiger charge is 2.11. The van der Waals surface area contributed by atoms with Gasteiger partial charge >= 0.3 is 0 Å². The average Bonchev–Trinajstić information content (AvgIpc) is 2.83. The maximum absolute atomic E-state index is 12.9. The Bertz CT molecular complexity index is 1180. The minimum absolute atomic E-state index is 0.0893. The van der Waals surface area contributed by atoms with Gasteiger partial charge in [0.2, 0.25) is 0 Å². The zero-order valence-electron chi connectivity index (χ0n) is 17.5. The van der Waals surface area contributed by atoms with E-state index in [0.29, 0.717) is 13.2 Å². The fraction of sp³-hybridized carbons (Fsp3) is 0.269. The largest absolute Gasteiger partial charge is 0.492 e. The summed E-state index contributed by atoms with van der Waals surface area (Å²) in [6.45, 7) is 5.85. The van der Waals surface area contributed by atoms with Crippen LogP contribution in [0.15, 0.2) is 77.6 Å². The average molecular weight is 415 g/mol. The van der Waals surface area contributed by atoms with E-state index in [2.05, 4.69) is 21.6 Å². The predicted octanol–water partition coefficient (Wildman–Crippen LogP) is 3.91. The molecule has 5 rings (SSSR count). The fourth-order valence-electron chi connectivity index (χ4n) is 4.24. The van der Waals surface area contributed by atoms with Gasteiger partial charge in [-0.1, -0.05) is 36.4 Å². The number of rotatable bonds is 6. The molecule has 3 aromatic carbocycles. The highest BCUT2D eigenvalue weighted by Crippen LogP contribution is 2.21. The Kier molecular flexibility index (Phi) is 5.69. The first-order valence-electron chi connectivity index (χ1n) is 10.8. The molecule has 1 aliphatic rings. The van der Waals surface area contributed by atoms with Crippen LogP contribution in [0.4, 0.5) is 0 Å². The number of hydrogen-bond donors (Lipinski definition) is 0. The van der Waals surface area contributed by atoms with Crippen LogP contribution in [0.1, 0.15) is 5.56 Å². The highest BCUT2D eigenvalue weighted by molar-refractivity contribution is 5.93. The van der Waals surface area contributed by atoms with Gasteiger partial charge in [-0.25, -0.2) is 0 Å². The predicted molar refractivity (Wildman–Crippen MR) is 124 cm³/mol. The maximum Gasteiger partial charge on any atom is 0.197 e. The van der Waals surface area contributed by atoms with Gasteiger partial charge in [-0.15, -0.1) is 0 Å². The van der Waals surface area contributed by atoms with Crippen LogP contribution in [0, 0.1) is 0 Å². The van der Waals surface area contributed by atoms with Crippen LogP contribution < -0.4 is 10.2 Å². The molecule has 0 N–H and O–H groups in total. The molecule has 1 aliphatic heterocycles. The Labute approximate surface area is 181 Å². The maximum atomic E-state index is 12.9. The highest BCUT2D eigenvalue weighted by atomic mass is 16.5. The van der Waals surface area contributed by atoms with Crippen molar-refractivity contribution in [1.29, 1.82) is 0 Å². The Balaban J connectivity index is 1.36. The van der Waals surface area contributed by atoms with E-state index in [0.717, 1.165) is 60.4 Å². The molecule has 0 aliphatic carbocycles. The van der Waals surface area contributed by atoms with Crippen molar-refractivity contribution in [3.05, 3.63) is 88.6 Å². The zero-order valence-corrected chi connectivity index (χ0v) is 17.5. The molecule has 0 spiro atoms. The summed E-state index contributed by atoms with van der Waals surface area (Å²) in [6.07, 6.45) is 0. The molecule has 1 fully saturated rings. The lowest BCUT2D eigenvalue weighted by Crippen LogP contribution is -2.38. The van der Waals surface area contributed by atoms with Gasteiger partial charge in [0.25, 0.3) is 0 Å². The summed E-state index contributed by atoms with van der Waals surface area (Å²) >= 11 is 0. The van der Waals surface area contributed by atoms with Gasteiger partial charge in [0, 0.05) is 37.0 Å². The van der Waals surface area contributed by atoms with Gasteiger partial charge in [0.1, 0.15) is 12.4 Å². The summed E-state index contributed by atoms with van der Waals surface area (Å²) in [6, 6.07) is 23.9. The molecule has 2 heterocycles. The van der Waals surface area contributed by atoms with Crippen LogP contribution >= 0.6 is 0 Å². The van der Waals surface area contributed by atoms with Crippen molar-refractivity contribution in [1.82, 2.24) is 9.47 Å². The molecule has 0 atom stereocenters. The second-order valence-electron chi connectivity index (χ2n) is 7.90. The van der Waals surface area contributed by atoms with Crippen molar-refractivity contribution in [2.45, 2.75) is 6.54 Å². The number of para-hydroxylation sites is 2. The van der Waals surface area contributed by atoms with E-state index in [1.54, 1.807) is 0 Å². The number of nitrogens with zero attached hydrogens (tertiary/aromatic N) is 2. The van der Waals surface area contributed by atoms with Gasteiger partial charge in [-0.3, -0.25) is 9.69 Å². The molecule has 5 nitrogen and oxygen atoms in total. The molecular formula is C26H26N2O3. The van der Waals surface area contributed by atoms with E-state index in [9.17, 15) is 4.79 Å². The summed E-state index contributed by atoms with van der Waals surface area (Å²) < 4.78 is 13.5.